The van der Waals surface area contributed by atoms with Crippen LogP contribution in [0, 0.1) is 0 Å². The van der Waals surface area contributed by atoms with Gasteiger partial charge in [0.05, 0.1) is 6.20 Å². The number of hydrogen-bond acceptors (Lipinski definition) is 5. The third-order valence-corrected chi connectivity index (χ3v) is 2.64. The normalized spacial score (nSPS) is 14.9. The van der Waals surface area contributed by atoms with Crippen molar-refractivity contribution in [3.8, 4) is 0 Å². The highest BCUT2D eigenvalue weighted by Crippen LogP contribution is 2.18. The van der Waals surface area contributed by atoms with Crippen LogP contribution in [0.15, 0.2) is 39.8 Å². The summed E-state index contributed by atoms with van der Waals surface area (Å²) in [6.45, 7) is 0. The van der Waals surface area contributed by atoms with Gasteiger partial charge in [-0.25, -0.2) is 24.9 Å². The Morgan fingerprint density at radius 3 is 3.00 bits per heavy atom. The maximum atomic E-state index is 4.47. The molecule has 0 saturated carbocycles. The van der Waals surface area contributed by atoms with Gasteiger partial charge in [-0.3, -0.25) is 0 Å². The lowest BCUT2D eigenvalue weighted by Crippen LogP contribution is -2.15. The van der Waals surface area contributed by atoms with Crippen LogP contribution in [-0.2, 0) is 0 Å². The number of rotatable bonds is 1. The Kier molecular flexibility index (Phi) is 1.47. The number of nitrogens with zero attached hydrogens (tertiary/aromatic N) is 5. The number of pyridine rings is 1. The molecule has 0 radical (unpaired) electrons. The Bertz CT molecular complexity index is 782. The van der Waals surface area contributed by atoms with Gasteiger partial charge in [0, 0.05) is 24.2 Å². The highest BCUT2D eigenvalue weighted by molar-refractivity contribution is 6.00. The molecule has 0 fully saturated rings. The number of aromatic amines is 1. The molecule has 4 heterocycles. The van der Waals surface area contributed by atoms with Gasteiger partial charge in [0.2, 0.25) is 0 Å². The number of aromatic nitrogens is 3. The molecule has 0 atom stereocenters. The smallest absolute Gasteiger partial charge is 0.197 e. The summed E-state index contributed by atoms with van der Waals surface area (Å²) in [5.41, 5.74) is 2.44. The van der Waals surface area contributed by atoms with Crippen molar-refractivity contribution in [2.45, 2.75) is 0 Å². The Labute approximate surface area is 95.2 Å². The van der Waals surface area contributed by atoms with Crippen LogP contribution >= 0.6 is 0 Å². The number of nitrogens with one attached hydrogen (secondary N) is 1. The van der Waals surface area contributed by atoms with Gasteiger partial charge in [0.1, 0.15) is 11.0 Å². The highest BCUT2D eigenvalue weighted by Gasteiger charge is 2.17. The van der Waals surface area contributed by atoms with E-state index < -0.39 is 0 Å². The zero-order valence-corrected chi connectivity index (χ0v) is 8.62. The first kappa shape index (κ1) is 8.51. The van der Waals surface area contributed by atoms with Gasteiger partial charge in [-0.1, -0.05) is 0 Å². The van der Waals surface area contributed by atoms with E-state index in [1.54, 1.807) is 24.8 Å². The van der Waals surface area contributed by atoms with Crippen molar-refractivity contribution >= 4 is 17.6 Å². The molecule has 2 aromatic rings. The minimum atomic E-state index is 0.584. The Hall–Kier alpha value is -2.63. The molecule has 0 aliphatic carbocycles. The molecule has 0 saturated heterocycles. The Balaban J connectivity index is 1.99. The molecule has 0 amide bonds. The van der Waals surface area contributed by atoms with Gasteiger partial charge in [0.25, 0.3) is 0 Å². The quantitative estimate of drug-likeness (QED) is 0.743. The second-order valence-electron chi connectivity index (χ2n) is 3.66. The van der Waals surface area contributed by atoms with E-state index in [0.717, 1.165) is 16.6 Å². The molecule has 1 N–H and O–H groups in total. The number of aliphatic imine (C=N–C) groups is 1. The lowest BCUT2D eigenvalue weighted by molar-refractivity contribution is 1.13. The molecule has 0 spiro atoms. The molecule has 2 aliphatic rings. The van der Waals surface area contributed by atoms with Crippen LogP contribution in [0.4, 0.5) is 5.69 Å². The molecule has 2 aromatic heterocycles. The van der Waals surface area contributed by atoms with Crippen molar-refractivity contribution in [2.24, 2.45) is 15.0 Å². The topological polar surface area (TPSA) is 78.6 Å². The monoisotopic (exact) mass is 222 g/mol. The van der Waals surface area contributed by atoms with Gasteiger partial charge < -0.3 is 4.98 Å². The van der Waals surface area contributed by atoms with E-state index in [2.05, 4.69) is 29.9 Å². The highest BCUT2D eigenvalue weighted by atomic mass is 15.1. The van der Waals surface area contributed by atoms with Crippen LogP contribution in [0.25, 0.3) is 6.08 Å². The molecular weight excluding hydrogens is 216 g/mol. The SMILES string of the molecule is C1=Cc2c3c(cnc2=N1)=NC(c1ncc[nH]1)=N3. The summed E-state index contributed by atoms with van der Waals surface area (Å²) in [7, 11) is 0. The second-order valence-corrected chi connectivity index (χ2v) is 3.66. The van der Waals surface area contributed by atoms with E-state index in [1.807, 2.05) is 6.08 Å². The van der Waals surface area contributed by atoms with E-state index in [4.69, 9.17) is 0 Å². The van der Waals surface area contributed by atoms with E-state index in [9.17, 15) is 0 Å². The first-order valence-electron chi connectivity index (χ1n) is 5.12. The molecule has 4 rings (SSSR count). The fraction of sp³-hybridized carbons (Fsp3) is 0. The number of imidazole rings is 1. The first-order chi connectivity index (χ1) is 8.42. The largest absolute Gasteiger partial charge is 0.342 e. The predicted octanol–water partition coefficient (Wildman–Crippen LogP) is 0.120. The molecule has 0 unspecified atom stereocenters. The fourth-order valence-electron chi connectivity index (χ4n) is 1.87. The molecule has 0 aromatic carbocycles. The number of fused-ring (bicyclic) bond motifs is 3. The molecule has 2 aliphatic heterocycles. The predicted molar refractivity (Wildman–Crippen MR) is 60.4 cm³/mol. The molecule has 6 heteroatoms. The summed E-state index contributed by atoms with van der Waals surface area (Å²) in [5, 5.41) is 0.761. The maximum absolute atomic E-state index is 4.47. The van der Waals surface area contributed by atoms with E-state index in [0.29, 0.717) is 17.1 Å². The number of H-pyrrole nitrogens is 1. The summed E-state index contributed by atoms with van der Waals surface area (Å²) in [5.74, 6) is 1.24. The lowest BCUT2D eigenvalue weighted by Gasteiger charge is -1.93. The van der Waals surface area contributed by atoms with Crippen LogP contribution in [0.3, 0.4) is 0 Å². The van der Waals surface area contributed by atoms with Crippen molar-refractivity contribution in [3.05, 3.63) is 47.0 Å². The third kappa shape index (κ3) is 1.12. The average Bonchev–Trinajstić information content (AvgIpc) is 3.08. The summed E-state index contributed by atoms with van der Waals surface area (Å²) in [6, 6.07) is 0. The van der Waals surface area contributed by atoms with Gasteiger partial charge >= 0.3 is 0 Å². The standard InChI is InChI=1S/C11H6N6/c1-2-12-9-6(1)8-7(5-15-9)16-11(17-8)10-13-3-4-14-10/h1-5H,(H,13,14). The van der Waals surface area contributed by atoms with Crippen molar-refractivity contribution in [3.63, 3.8) is 0 Å². The van der Waals surface area contributed by atoms with Crippen molar-refractivity contribution < 1.29 is 0 Å². The average molecular weight is 222 g/mol. The zero-order chi connectivity index (χ0) is 11.2. The van der Waals surface area contributed by atoms with Crippen LogP contribution in [0.5, 0.6) is 0 Å². The van der Waals surface area contributed by atoms with E-state index in [1.165, 1.54) is 0 Å². The van der Waals surface area contributed by atoms with Crippen molar-refractivity contribution in [1.82, 2.24) is 15.0 Å². The summed E-state index contributed by atoms with van der Waals surface area (Å²) in [6.07, 6.45) is 8.72. The summed E-state index contributed by atoms with van der Waals surface area (Å²) < 4.78 is 0. The third-order valence-electron chi connectivity index (χ3n) is 2.64. The minimum Gasteiger partial charge on any atom is -0.342 e. The van der Waals surface area contributed by atoms with Gasteiger partial charge in [-0.05, 0) is 6.08 Å². The Morgan fingerprint density at radius 1 is 1.12 bits per heavy atom. The summed E-state index contributed by atoms with van der Waals surface area (Å²) in [4.78, 5) is 24.3. The van der Waals surface area contributed by atoms with Gasteiger partial charge in [0.15, 0.2) is 17.1 Å². The molecule has 0 bridgehead atoms. The van der Waals surface area contributed by atoms with E-state index in [-0.39, 0.29) is 0 Å². The van der Waals surface area contributed by atoms with Crippen LogP contribution in [-0.4, -0.2) is 20.8 Å². The molecule has 6 nitrogen and oxygen atoms in total. The molecular formula is C11H6N6. The van der Waals surface area contributed by atoms with Crippen LogP contribution in [0.2, 0.25) is 0 Å². The van der Waals surface area contributed by atoms with Crippen LogP contribution < -0.4 is 10.8 Å². The second kappa shape index (κ2) is 2.94. The fourth-order valence-corrected chi connectivity index (χ4v) is 1.87. The van der Waals surface area contributed by atoms with Crippen LogP contribution in [0.1, 0.15) is 11.4 Å². The van der Waals surface area contributed by atoms with E-state index >= 15 is 0 Å². The zero-order valence-electron chi connectivity index (χ0n) is 8.62. The van der Waals surface area contributed by atoms with Crippen molar-refractivity contribution in [2.75, 3.05) is 0 Å². The Morgan fingerprint density at radius 2 is 2.12 bits per heavy atom. The minimum absolute atomic E-state index is 0.584. The maximum Gasteiger partial charge on any atom is 0.197 e. The van der Waals surface area contributed by atoms with Gasteiger partial charge in [-0.15, -0.1) is 0 Å². The number of amidine groups is 1. The summed E-state index contributed by atoms with van der Waals surface area (Å²) >= 11 is 0. The first-order valence-corrected chi connectivity index (χ1v) is 5.12. The molecule has 80 valence electrons. The van der Waals surface area contributed by atoms with Gasteiger partial charge in [-0.2, -0.15) is 0 Å². The molecule has 17 heavy (non-hydrogen) atoms. The lowest BCUT2D eigenvalue weighted by atomic mass is 10.2. The number of hydrogen-bond donors (Lipinski definition) is 1. The van der Waals surface area contributed by atoms with Crippen molar-refractivity contribution in [1.29, 1.82) is 0 Å².